The van der Waals surface area contributed by atoms with Crippen LogP contribution in [0.5, 0.6) is 0 Å². The molecule has 3 rings (SSSR count). The topological polar surface area (TPSA) is 79.5 Å². The van der Waals surface area contributed by atoms with E-state index in [0.717, 1.165) is 12.8 Å². The van der Waals surface area contributed by atoms with Crippen LogP contribution in [0, 0.1) is 19.8 Å². The smallest absolute Gasteiger partial charge is 0.354 e. The summed E-state index contributed by atoms with van der Waals surface area (Å²) in [6.45, 7) is 4.03. The molecule has 27 heavy (non-hydrogen) atoms. The second-order valence-electron chi connectivity index (χ2n) is 7.03. The monoisotopic (exact) mass is 368 g/mol. The number of carbonyl (C=O) groups is 3. The van der Waals surface area contributed by atoms with Crippen molar-refractivity contribution in [2.45, 2.75) is 26.7 Å². The molecular formula is C21H24N2O4. The predicted molar refractivity (Wildman–Crippen MR) is 101 cm³/mol. The van der Waals surface area contributed by atoms with Gasteiger partial charge in [-0.1, -0.05) is 18.2 Å². The van der Waals surface area contributed by atoms with Crippen molar-refractivity contribution >= 4 is 17.7 Å². The Morgan fingerprint density at radius 1 is 1.15 bits per heavy atom. The second kappa shape index (κ2) is 7.78. The molecule has 0 atom stereocenters. The molecule has 0 spiro atoms. The van der Waals surface area contributed by atoms with Crippen molar-refractivity contribution in [3.05, 3.63) is 58.4 Å². The number of amides is 1. The largest absolute Gasteiger partial charge is 0.464 e. The molecule has 0 radical (unpaired) electrons. The van der Waals surface area contributed by atoms with E-state index in [1.807, 2.05) is 18.2 Å². The maximum absolute atomic E-state index is 13.0. The summed E-state index contributed by atoms with van der Waals surface area (Å²) in [5.74, 6) is -0.370. The summed E-state index contributed by atoms with van der Waals surface area (Å²) in [6.07, 6.45) is 2.17. The quantitative estimate of drug-likeness (QED) is 0.601. The molecule has 1 aromatic heterocycles. The number of rotatable bonds is 7. The number of H-pyrrole nitrogens is 1. The van der Waals surface area contributed by atoms with Crippen LogP contribution >= 0.6 is 0 Å². The van der Waals surface area contributed by atoms with E-state index in [1.54, 1.807) is 30.9 Å². The van der Waals surface area contributed by atoms with Crippen LogP contribution in [0.3, 0.4) is 0 Å². The first-order valence-corrected chi connectivity index (χ1v) is 9.07. The fourth-order valence-electron chi connectivity index (χ4n) is 3.32. The number of nitrogens with one attached hydrogen (secondary N) is 1. The summed E-state index contributed by atoms with van der Waals surface area (Å²) < 4.78 is 4.76. The number of Topliss-reactive ketones (excluding diaryl/α,β-unsaturated/α-hetero) is 1. The molecule has 0 aliphatic heterocycles. The van der Waals surface area contributed by atoms with E-state index in [4.69, 9.17) is 4.74 Å². The van der Waals surface area contributed by atoms with Gasteiger partial charge in [-0.05, 0) is 50.3 Å². The minimum atomic E-state index is -0.509. The molecule has 1 amide bonds. The highest BCUT2D eigenvalue weighted by atomic mass is 16.5. The standard InChI is InChI=1S/C21H24N2O4/c1-13-18(14(2)22-19(13)21(26)27-3)17(24)12-23(11-15-9-10-15)20(25)16-7-5-4-6-8-16/h4-8,15,22H,9-12H2,1-3H3. The second-order valence-corrected chi connectivity index (χ2v) is 7.03. The van der Waals surface area contributed by atoms with E-state index < -0.39 is 5.97 Å². The van der Waals surface area contributed by atoms with E-state index in [0.29, 0.717) is 34.8 Å². The average Bonchev–Trinajstić information content (AvgIpc) is 3.43. The molecular weight excluding hydrogens is 344 g/mol. The predicted octanol–water partition coefficient (Wildman–Crippen LogP) is 3.15. The van der Waals surface area contributed by atoms with Crippen molar-refractivity contribution in [3.63, 3.8) is 0 Å². The molecule has 1 saturated carbocycles. The van der Waals surface area contributed by atoms with Crippen molar-refractivity contribution < 1.29 is 19.1 Å². The summed E-state index contributed by atoms with van der Waals surface area (Å²) in [4.78, 5) is 42.3. The minimum absolute atomic E-state index is 0.00955. The summed E-state index contributed by atoms with van der Waals surface area (Å²) in [7, 11) is 1.30. The number of nitrogens with zero attached hydrogens (tertiary/aromatic N) is 1. The Morgan fingerprint density at radius 3 is 2.41 bits per heavy atom. The lowest BCUT2D eigenvalue weighted by Crippen LogP contribution is -2.37. The SMILES string of the molecule is COC(=O)c1[nH]c(C)c(C(=O)CN(CC2CC2)C(=O)c2ccccc2)c1C. The molecule has 0 saturated heterocycles. The van der Waals surface area contributed by atoms with Crippen LogP contribution in [0.1, 0.15) is 55.3 Å². The summed E-state index contributed by atoms with van der Waals surface area (Å²) in [5.41, 5.74) is 2.47. The molecule has 0 bridgehead atoms. The number of methoxy groups -OCH3 is 1. The number of hydrogen-bond acceptors (Lipinski definition) is 4. The van der Waals surface area contributed by atoms with Crippen molar-refractivity contribution in [2.24, 2.45) is 5.92 Å². The fourth-order valence-corrected chi connectivity index (χ4v) is 3.32. The van der Waals surface area contributed by atoms with E-state index >= 15 is 0 Å². The van der Waals surface area contributed by atoms with Gasteiger partial charge < -0.3 is 14.6 Å². The number of aryl methyl sites for hydroxylation is 1. The molecule has 6 nitrogen and oxygen atoms in total. The number of hydrogen-bond donors (Lipinski definition) is 1. The van der Waals surface area contributed by atoms with Crippen LogP contribution < -0.4 is 0 Å². The van der Waals surface area contributed by atoms with Gasteiger partial charge in [0.05, 0.1) is 13.7 Å². The summed E-state index contributed by atoms with van der Waals surface area (Å²) in [6, 6.07) is 9.00. The van der Waals surface area contributed by atoms with Crippen LogP contribution in [0.4, 0.5) is 0 Å². The normalized spacial score (nSPS) is 13.3. The van der Waals surface area contributed by atoms with Gasteiger partial charge in [-0.15, -0.1) is 0 Å². The van der Waals surface area contributed by atoms with Gasteiger partial charge in [0.25, 0.3) is 5.91 Å². The van der Waals surface area contributed by atoms with Crippen LogP contribution in [0.15, 0.2) is 30.3 Å². The fraction of sp³-hybridized carbons (Fsp3) is 0.381. The molecule has 6 heteroatoms. The highest BCUT2D eigenvalue weighted by molar-refractivity contribution is 6.05. The van der Waals surface area contributed by atoms with Gasteiger partial charge in [0, 0.05) is 23.4 Å². The molecule has 1 aliphatic carbocycles. The number of aromatic amines is 1. The molecule has 1 fully saturated rings. The number of aromatic nitrogens is 1. The molecule has 1 heterocycles. The van der Waals surface area contributed by atoms with E-state index in [9.17, 15) is 14.4 Å². The third-order valence-electron chi connectivity index (χ3n) is 4.92. The molecule has 1 aliphatic rings. The van der Waals surface area contributed by atoms with Crippen molar-refractivity contribution in [1.82, 2.24) is 9.88 Å². The number of ether oxygens (including phenoxy) is 1. The van der Waals surface area contributed by atoms with Gasteiger partial charge in [0.2, 0.25) is 0 Å². The minimum Gasteiger partial charge on any atom is -0.464 e. The van der Waals surface area contributed by atoms with E-state index in [2.05, 4.69) is 4.98 Å². The first-order chi connectivity index (χ1) is 12.9. The Bertz CT molecular complexity index is 866. The van der Waals surface area contributed by atoms with Gasteiger partial charge >= 0.3 is 5.97 Å². The maximum Gasteiger partial charge on any atom is 0.354 e. The Kier molecular flexibility index (Phi) is 5.44. The first kappa shape index (κ1) is 18.9. The van der Waals surface area contributed by atoms with Crippen molar-refractivity contribution in [1.29, 1.82) is 0 Å². The molecule has 142 valence electrons. The number of benzene rings is 1. The van der Waals surface area contributed by atoms with Crippen molar-refractivity contribution in [2.75, 3.05) is 20.2 Å². The van der Waals surface area contributed by atoms with E-state index in [1.165, 1.54) is 7.11 Å². The third-order valence-corrected chi connectivity index (χ3v) is 4.92. The molecule has 0 unspecified atom stereocenters. The molecule has 2 aromatic rings. The van der Waals surface area contributed by atoms with Gasteiger partial charge in [0.1, 0.15) is 5.69 Å². The first-order valence-electron chi connectivity index (χ1n) is 9.07. The zero-order valence-corrected chi connectivity index (χ0v) is 15.9. The average molecular weight is 368 g/mol. The van der Waals surface area contributed by atoms with Gasteiger partial charge in [-0.25, -0.2) is 4.79 Å². The van der Waals surface area contributed by atoms with E-state index in [-0.39, 0.29) is 23.9 Å². The van der Waals surface area contributed by atoms with Crippen molar-refractivity contribution in [3.8, 4) is 0 Å². The third kappa shape index (κ3) is 4.10. The van der Waals surface area contributed by atoms with Gasteiger partial charge in [-0.2, -0.15) is 0 Å². The lowest BCUT2D eigenvalue weighted by molar-refractivity contribution is 0.0593. The maximum atomic E-state index is 13.0. The Labute approximate surface area is 158 Å². The van der Waals surface area contributed by atoms with Crippen LogP contribution in [0.25, 0.3) is 0 Å². The lowest BCUT2D eigenvalue weighted by Gasteiger charge is -2.22. The highest BCUT2D eigenvalue weighted by Gasteiger charge is 2.30. The van der Waals surface area contributed by atoms with Crippen LogP contribution in [0.2, 0.25) is 0 Å². The Hall–Kier alpha value is -2.89. The van der Waals surface area contributed by atoms with Gasteiger partial charge in [0.15, 0.2) is 5.78 Å². The highest BCUT2D eigenvalue weighted by Crippen LogP contribution is 2.30. The Balaban J connectivity index is 1.84. The van der Waals surface area contributed by atoms with Gasteiger partial charge in [-0.3, -0.25) is 9.59 Å². The molecule has 1 N–H and O–H groups in total. The zero-order chi connectivity index (χ0) is 19.6. The number of carbonyl (C=O) groups excluding carboxylic acids is 3. The Morgan fingerprint density at radius 2 is 1.81 bits per heavy atom. The number of ketones is 1. The summed E-state index contributed by atoms with van der Waals surface area (Å²) in [5, 5.41) is 0. The summed E-state index contributed by atoms with van der Waals surface area (Å²) >= 11 is 0. The molecule has 1 aromatic carbocycles. The van der Waals surface area contributed by atoms with Crippen LogP contribution in [-0.2, 0) is 4.74 Å². The number of esters is 1. The lowest BCUT2D eigenvalue weighted by atomic mass is 10.0. The zero-order valence-electron chi connectivity index (χ0n) is 15.9. The van der Waals surface area contributed by atoms with Crippen LogP contribution in [-0.4, -0.2) is 47.7 Å².